The molecule has 1 unspecified atom stereocenters. The Hall–Kier alpha value is -5.29. The predicted octanol–water partition coefficient (Wildman–Crippen LogP) is 8.17. The molecular formula is C34H24N4O. The van der Waals surface area contributed by atoms with Crippen LogP contribution in [0.15, 0.2) is 138 Å². The van der Waals surface area contributed by atoms with Gasteiger partial charge in [-0.1, -0.05) is 66.7 Å². The maximum absolute atomic E-state index is 6.42. The fourth-order valence-electron chi connectivity index (χ4n) is 5.70. The van der Waals surface area contributed by atoms with E-state index >= 15 is 0 Å². The number of oxazole rings is 1. The summed E-state index contributed by atoms with van der Waals surface area (Å²) >= 11 is 0. The smallest absolute Gasteiger partial charge is 0.227 e. The van der Waals surface area contributed by atoms with Crippen LogP contribution >= 0.6 is 0 Å². The maximum Gasteiger partial charge on any atom is 0.227 e. The number of fused-ring (bicyclic) bond motifs is 5. The number of hydrogen-bond donors (Lipinski definition) is 1. The molecule has 0 radical (unpaired) electrons. The summed E-state index contributed by atoms with van der Waals surface area (Å²) in [5.41, 5.74) is 8.32. The zero-order valence-electron chi connectivity index (χ0n) is 21.0. The minimum absolute atomic E-state index is 0.0730. The average molecular weight is 505 g/mol. The molecule has 186 valence electrons. The van der Waals surface area contributed by atoms with E-state index in [9.17, 15) is 0 Å². The molecule has 5 nitrogen and oxygen atoms in total. The Kier molecular flexibility index (Phi) is 4.82. The molecule has 1 atom stereocenters. The van der Waals surface area contributed by atoms with E-state index in [4.69, 9.17) is 9.40 Å². The highest BCUT2D eigenvalue weighted by molar-refractivity contribution is 6.19. The van der Waals surface area contributed by atoms with Gasteiger partial charge >= 0.3 is 0 Å². The quantitative estimate of drug-likeness (QED) is 0.263. The summed E-state index contributed by atoms with van der Waals surface area (Å²) in [6, 6.07) is 42.0. The molecular weight excluding hydrogens is 480 g/mol. The van der Waals surface area contributed by atoms with Crippen LogP contribution in [0.1, 0.15) is 11.7 Å². The first-order valence-corrected chi connectivity index (χ1v) is 13.1. The molecule has 1 N–H and O–H groups in total. The molecule has 5 aromatic carbocycles. The summed E-state index contributed by atoms with van der Waals surface area (Å²) in [7, 11) is 0. The van der Waals surface area contributed by atoms with E-state index in [1.54, 1.807) is 0 Å². The molecule has 0 amide bonds. The minimum atomic E-state index is 0.0730. The Balaban J connectivity index is 1.26. The van der Waals surface area contributed by atoms with Gasteiger partial charge in [0.05, 0.1) is 16.4 Å². The van der Waals surface area contributed by atoms with Crippen LogP contribution in [0.4, 0.5) is 5.69 Å². The van der Waals surface area contributed by atoms with E-state index in [-0.39, 0.29) is 6.17 Å². The normalized spacial score (nSPS) is 15.0. The van der Waals surface area contributed by atoms with Crippen molar-refractivity contribution in [1.29, 1.82) is 0 Å². The first kappa shape index (κ1) is 21.8. The molecule has 0 spiro atoms. The summed E-state index contributed by atoms with van der Waals surface area (Å²) in [6.07, 6.45) is 4.17. The van der Waals surface area contributed by atoms with Crippen LogP contribution in [-0.4, -0.2) is 9.55 Å². The van der Waals surface area contributed by atoms with Crippen LogP contribution < -0.4 is 10.2 Å². The van der Waals surface area contributed by atoms with Crippen molar-refractivity contribution in [3.63, 3.8) is 0 Å². The van der Waals surface area contributed by atoms with Crippen molar-refractivity contribution in [3.8, 4) is 17.1 Å². The molecule has 3 heterocycles. The highest BCUT2D eigenvalue weighted by atomic mass is 16.3. The summed E-state index contributed by atoms with van der Waals surface area (Å²) < 4.78 is 8.73. The Bertz CT molecular complexity index is 1990. The van der Waals surface area contributed by atoms with Crippen molar-refractivity contribution >= 4 is 38.6 Å². The van der Waals surface area contributed by atoms with Crippen LogP contribution in [0.5, 0.6) is 0 Å². The van der Waals surface area contributed by atoms with Crippen LogP contribution in [-0.2, 0) is 0 Å². The number of para-hydroxylation sites is 1. The number of nitrogens with zero attached hydrogens (tertiary/aromatic N) is 3. The summed E-state index contributed by atoms with van der Waals surface area (Å²) in [5.74, 6) is 0.638. The summed E-state index contributed by atoms with van der Waals surface area (Å²) in [6.45, 7) is 0. The van der Waals surface area contributed by atoms with E-state index in [1.165, 1.54) is 5.56 Å². The topological polar surface area (TPSA) is 46.2 Å². The van der Waals surface area contributed by atoms with Crippen molar-refractivity contribution < 1.29 is 4.42 Å². The van der Waals surface area contributed by atoms with E-state index in [0.29, 0.717) is 5.89 Å². The number of aromatic nitrogens is 2. The highest BCUT2D eigenvalue weighted by Gasteiger charge is 2.23. The maximum atomic E-state index is 6.42. The molecule has 0 bridgehead atoms. The molecule has 0 aliphatic carbocycles. The van der Waals surface area contributed by atoms with Crippen molar-refractivity contribution in [1.82, 2.24) is 14.9 Å². The van der Waals surface area contributed by atoms with Gasteiger partial charge in [0.1, 0.15) is 11.7 Å². The average Bonchev–Trinajstić information content (AvgIpc) is 3.74. The van der Waals surface area contributed by atoms with Crippen LogP contribution in [0, 0.1) is 0 Å². The lowest BCUT2D eigenvalue weighted by atomic mass is 10.1. The Morgan fingerprint density at radius 2 is 1.38 bits per heavy atom. The van der Waals surface area contributed by atoms with Gasteiger partial charge in [-0.3, -0.25) is 0 Å². The van der Waals surface area contributed by atoms with Gasteiger partial charge in [0.2, 0.25) is 5.89 Å². The number of anilines is 1. The number of hydrogen-bond acceptors (Lipinski definition) is 4. The first-order chi connectivity index (χ1) is 19.3. The van der Waals surface area contributed by atoms with Gasteiger partial charge in [-0.25, -0.2) is 4.98 Å². The van der Waals surface area contributed by atoms with E-state index in [2.05, 4.69) is 106 Å². The van der Waals surface area contributed by atoms with E-state index < -0.39 is 0 Å². The summed E-state index contributed by atoms with van der Waals surface area (Å²) in [5, 5.41) is 5.69. The Labute approximate surface area is 225 Å². The molecule has 0 saturated carbocycles. The van der Waals surface area contributed by atoms with Crippen molar-refractivity contribution in [2.75, 3.05) is 4.90 Å². The first-order valence-electron chi connectivity index (χ1n) is 13.1. The second-order valence-electron chi connectivity index (χ2n) is 9.76. The van der Waals surface area contributed by atoms with Crippen LogP contribution in [0.3, 0.4) is 0 Å². The Morgan fingerprint density at radius 1 is 0.667 bits per heavy atom. The lowest BCUT2D eigenvalue weighted by molar-refractivity contribution is 0.623. The number of nitrogens with one attached hydrogen (secondary N) is 1. The standard InChI is InChI=1S/C34H24N4O/c1-3-9-23(10-4-1)33-35-21-22-37(33)25-15-17-26(18-16-25)38-29-14-8-7-13-27(29)31-30(38)20-19-28-32(31)39-34(36-28)24-11-5-2-6-12-24/h1-22,33,35H. The molecule has 2 aromatic heterocycles. The molecule has 0 fully saturated rings. The molecule has 39 heavy (non-hydrogen) atoms. The van der Waals surface area contributed by atoms with Gasteiger partial charge in [0.25, 0.3) is 0 Å². The van der Waals surface area contributed by atoms with Crippen LogP contribution in [0.2, 0.25) is 0 Å². The fraction of sp³-hybridized carbons (Fsp3) is 0.0294. The number of benzene rings is 5. The van der Waals surface area contributed by atoms with Crippen LogP contribution in [0.25, 0.3) is 50.0 Å². The van der Waals surface area contributed by atoms with Gasteiger partial charge in [-0.05, 0) is 60.2 Å². The minimum Gasteiger partial charge on any atom is -0.435 e. The monoisotopic (exact) mass is 504 g/mol. The summed E-state index contributed by atoms with van der Waals surface area (Å²) in [4.78, 5) is 7.07. The van der Waals surface area contributed by atoms with Crippen molar-refractivity contribution in [3.05, 3.63) is 139 Å². The van der Waals surface area contributed by atoms with E-state index in [1.807, 2.05) is 42.6 Å². The molecule has 1 aliphatic rings. The molecule has 5 heteroatoms. The van der Waals surface area contributed by atoms with Gasteiger partial charge in [-0.15, -0.1) is 0 Å². The zero-order valence-corrected chi connectivity index (χ0v) is 21.0. The third-order valence-electron chi connectivity index (χ3n) is 7.50. The number of rotatable bonds is 4. The second-order valence-corrected chi connectivity index (χ2v) is 9.76. The molecule has 0 saturated heterocycles. The lowest BCUT2D eigenvalue weighted by Crippen LogP contribution is -2.26. The van der Waals surface area contributed by atoms with Gasteiger partial charge < -0.3 is 19.2 Å². The van der Waals surface area contributed by atoms with Gasteiger partial charge in [0, 0.05) is 34.7 Å². The highest BCUT2D eigenvalue weighted by Crippen LogP contribution is 2.39. The molecule has 7 aromatic rings. The molecule has 8 rings (SSSR count). The van der Waals surface area contributed by atoms with E-state index in [0.717, 1.165) is 49.8 Å². The van der Waals surface area contributed by atoms with Gasteiger partial charge in [0.15, 0.2) is 5.58 Å². The fourth-order valence-corrected chi connectivity index (χ4v) is 5.70. The predicted molar refractivity (Wildman–Crippen MR) is 158 cm³/mol. The third kappa shape index (κ3) is 3.44. The zero-order chi connectivity index (χ0) is 25.8. The van der Waals surface area contributed by atoms with Crippen molar-refractivity contribution in [2.24, 2.45) is 0 Å². The molecule has 1 aliphatic heterocycles. The van der Waals surface area contributed by atoms with Gasteiger partial charge in [-0.2, -0.15) is 0 Å². The Morgan fingerprint density at radius 3 is 2.21 bits per heavy atom. The van der Waals surface area contributed by atoms with Crippen molar-refractivity contribution in [2.45, 2.75) is 6.17 Å². The SMILES string of the molecule is C1=CN(c2ccc(-n3c4ccccc4c4c5oc(-c6ccccc6)nc5ccc43)cc2)C(c2ccccc2)N1. The largest absolute Gasteiger partial charge is 0.435 e. The lowest BCUT2D eigenvalue weighted by Gasteiger charge is -2.26. The second kappa shape index (κ2) is 8.64. The third-order valence-corrected chi connectivity index (χ3v) is 7.50.